The van der Waals surface area contributed by atoms with Gasteiger partial charge in [0.2, 0.25) is 5.91 Å². The first-order valence-corrected chi connectivity index (χ1v) is 8.68. The third-order valence-corrected chi connectivity index (χ3v) is 3.97. The lowest BCUT2D eigenvalue weighted by Crippen LogP contribution is -2.47. The SMILES string of the molecule is CC(C)(C)OC(=O)N1CCCC1C(=O)NCCCc1ccccc1. The van der Waals surface area contributed by atoms with Crippen LogP contribution >= 0.6 is 0 Å². The summed E-state index contributed by atoms with van der Waals surface area (Å²) >= 11 is 0. The number of likely N-dealkylation sites (tertiary alicyclic amines) is 1. The summed E-state index contributed by atoms with van der Waals surface area (Å²) in [5.74, 6) is -0.0774. The lowest BCUT2D eigenvalue weighted by molar-refractivity contribution is -0.125. The molecule has 2 amide bonds. The summed E-state index contributed by atoms with van der Waals surface area (Å²) in [5, 5.41) is 2.95. The van der Waals surface area contributed by atoms with E-state index >= 15 is 0 Å². The van der Waals surface area contributed by atoms with Crippen LogP contribution in [0.15, 0.2) is 30.3 Å². The van der Waals surface area contributed by atoms with Crippen molar-refractivity contribution in [2.45, 2.75) is 58.1 Å². The Morgan fingerprint density at radius 3 is 2.62 bits per heavy atom. The van der Waals surface area contributed by atoms with Crippen LogP contribution in [-0.4, -0.2) is 41.6 Å². The number of hydrogen-bond donors (Lipinski definition) is 1. The molecule has 1 saturated heterocycles. The first-order valence-electron chi connectivity index (χ1n) is 8.68. The van der Waals surface area contributed by atoms with Gasteiger partial charge in [-0.3, -0.25) is 9.69 Å². The molecule has 132 valence electrons. The number of aryl methyl sites for hydroxylation is 1. The summed E-state index contributed by atoms with van der Waals surface area (Å²) in [6, 6.07) is 9.80. The fraction of sp³-hybridized carbons (Fsp3) is 0.579. The fourth-order valence-corrected chi connectivity index (χ4v) is 2.84. The number of nitrogens with zero attached hydrogens (tertiary/aromatic N) is 1. The van der Waals surface area contributed by atoms with E-state index < -0.39 is 17.7 Å². The molecule has 5 nitrogen and oxygen atoms in total. The molecule has 2 rings (SSSR count). The predicted octanol–water partition coefficient (Wildman–Crippen LogP) is 3.13. The predicted molar refractivity (Wildman–Crippen MR) is 93.7 cm³/mol. The van der Waals surface area contributed by atoms with Gasteiger partial charge in [0.25, 0.3) is 0 Å². The van der Waals surface area contributed by atoms with E-state index in [1.807, 2.05) is 39.0 Å². The number of ether oxygens (including phenoxy) is 1. The van der Waals surface area contributed by atoms with E-state index in [1.54, 1.807) is 4.90 Å². The zero-order valence-electron chi connectivity index (χ0n) is 14.9. The molecular formula is C19H28N2O3. The van der Waals surface area contributed by atoms with Crippen molar-refractivity contribution in [2.75, 3.05) is 13.1 Å². The highest BCUT2D eigenvalue weighted by atomic mass is 16.6. The molecule has 5 heteroatoms. The van der Waals surface area contributed by atoms with Crippen LogP contribution in [0.25, 0.3) is 0 Å². The molecule has 0 aromatic heterocycles. The highest BCUT2D eigenvalue weighted by Crippen LogP contribution is 2.21. The minimum atomic E-state index is -0.545. The van der Waals surface area contributed by atoms with Crippen molar-refractivity contribution in [3.63, 3.8) is 0 Å². The van der Waals surface area contributed by atoms with Gasteiger partial charge in [0.15, 0.2) is 0 Å². The van der Waals surface area contributed by atoms with Gasteiger partial charge in [-0.05, 0) is 52.0 Å². The summed E-state index contributed by atoms with van der Waals surface area (Å²) in [6.45, 7) is 6.70. The van der Waals surface area contributed by atoms with E-state index in [0.717, 1.165) is 19.3 Å². The van der Waals surface area contributed by atoms with Gasteiger partial charge < -0.3 is 10.1 Å². The number of nitrogens with one attached hydrogen (secondary N) is 1. The lowest BCUT2D eigenvalue weighted by atomic mass is 10.1. The van der Waals surface area contributed by atoms with Crippen LogP contribution in [0.1, 0.15) is 45.6 Å². The largest absolute Gasteiger partial charge is 0.444 e. The Morgan fingerprint density at radius 2 is 1.96 bits per heavy atom. The first kappa shape index (κ1) is 18.3. The van der Waals surface area contributed by atoms with Gasteiger partial charge in [0.05, 0.1) is 0 Å². The molecule has 1 unspecified atom stereocenters. The minimum absolute atomic E-state index is 0.0774. The van der Waals surface area contributed by atoms with E-state index in [9.17, 15) is 9.59 Å². The summed E-state index contributed by atoms with van der Waals surface area (Å²) in [5.41, 5.74) is 0.721. The average molecular weight is 332 g/mol. The van der Waals surface area contributed by atoms with E-state index in [0.29, 0.717) is 19.5 Å². The standard InChI is InChI=1S/C19H28N2O3/c1-19(2,3)24-18(23)21-14-8-12-16(21)17(22)20-13-7-11-15-9-5-4-6-10-15/h4-6,9-10,16H,7-8,11-14H2,1-3H3,(H,20,22). The Labute approximate surface area is 144 Å². The van der Waals surface area contributed by atoms with Crippen LogP contribution in [-0.2, 0) is 16.0 Å². The van der Waals surface area contributed by atoms with Gasteiger partial charge in [-0.2, -0.15) is 0 Å². The molecule has 1 N–H and O–H groups in total. The van der Waals surface area contributed by atoms with Crippen molar-refractivity contribution in [2.24, 2.45) is 0 Å². The van der Waals surface area contributed by atoms with E-state index in [-0.39, 0.29) is 5.91 Å². The van der Waals surface area contributed by atoms with Crippen LogP contribution in [0.5, 0.6) is 0 Å². The van der Waals surface area contributed by atoms with E-state index in [1.165, 1.54) is 5.56 Å². The topological polar surface area (TPSA) is 58.6 Å². The highest BCUT2D eigenvalue weighted by Gasteiger charge is 2.36. The zero-order valence-corrected chi connectivity index (χ0v) is 14.9. The molecule has 0 radical (unpaired) electrons. The minimum Gasteiger partial charge on any atom is -0.444 e. The van der Waals surface area contributed by atoms with Crippen LogP contribution in [0.3, 0.4) is 0 Å². The summed E-state index contributed by atoms with van der Waals surface area (Å²) < 4.78 is 5.39. The number of rotatable bonds is 5. The molecule has 1 aliphatic rings. The first-order chi connectivity index (χ1) is 11.4. The molecule has 1 heterocycles. The van der Waals surface area contributed by atoms with E-state index in [2.05, 4.69) is 17.4 Å². The normalized spacial score (nSPS) is 17.6. The molecule has 0 aliphatic carbocycles. The smallest absolute Gasteiger partial charge is 0.410 e. The van der Waals surface area contributed by atoms with Crippen molar-refractivity contribution in [3.8, 4) is 0 Å². The second-order valence-corrected chi connectivity index (χ2v) is 7.21. The van der Waals surface area contributed by atoms with Crippen molar-refractivity contribution in [1.82, 2.24) is 10.2 Å². The summed E-state index contributed by atoms with van der Waals surface area (Å²) in [4.78, 5) is 26.1. The van der Waals surface area contributed by atoms with Gasteiger partial charge in [0, 0.05) is 13.1 Å². The molecular weight excluding hydrogens is 304 g/mol. The molecule has 1 aromatic carbocycles. The molecule has 1 atom stereocenters. The maximum absolute atomic E-state index is 12.4. The second kappa shape index (κ2) is 8.18. The third-order valence-electron chi connectivity index (χ3n) is 3.97. The maximum Gasteiger partial charge on any atom is 0.410 e. The van der Waals surface area contributed by atoms with Crippen molar-refractivity contribution < 1.29 is 14.3 Å². The van der Waals surface area contributed by atoms with Gasteiger partial charge >= 0.3 is 6.09 Å². The molecule has 1 aliphatic heterocycles. The number of carbonyl (C=O) groups is 2. The Hall–Kier alpha value is -2.04. The quantitative estimate of drug-likeness (QED) is 0.843. The number of benzene rings is 1. The Morgan fingerprint density at radius 1 is 1.25 bits per heavy atom. The molecule has 1 aromatic rings. The lowest BCUT2D eigenvalue weighted by Gasteiger charge is -2.28. The fourth-order valence-electron chi connectivity index (χ4n) is 2.84. The third kappa shape index (κ3) is 5.55. The molecule has 1 fully saturated rings. The molecule has 0 spiro atoms. The van der Waals surface area contributed by atoms with Crippen LogP contribution in [0, 0.1) is 0 Å². The van der Waals surface area contributed by atoms with Crippen LogP contribution in [0.2, 0.25) is 0 Å². The zero-order chi connectivity index (χ0) is 17.6. The van der Waals surface area contributed by atoms with Crippen molar-refractivity contribution >= 4 is 12.0 Å². The average Bonchev–Trinajstić information content (AvgIpc) is 3.00. The van der Waals surface area contributed by atoms with Crippen molar-refractivity contribution in [3.05, 3.63) is 35.9 Å². The number of amides is 2. The summed E-state index contributed by atoms with van der Waals surface area (Å²) in [7, 11) is 0. The Kier molecular flexibility index (Phi) is 6.23. The number of carbonyl (C=O) groups excluding carboxylic acids is 2. The van der Waals surface area contributed by atoms with E-state index in [4.69, 9.17) is 4.74 Å². The van der Waals surface area contributed by atoms with Gasteiger partial charge in [0.1, 0.15) is 11.6 Å². The van der Waals surface area contributed by atoms with Gasteiger partial charge in [-0.25, -0.2) is 4.79 Å². The van der Waals surface area contributed by atoms with Crippen LogP contribution in [0.4, 0.5) is 4.79 Å². The second-order valence-electron chi connectivity index (χ2n) is 7.21. The monoisotopic (exact) mass is 332 g/mol. The highest BCUT2D eigenvalue weighted by molar-refractivity contribution is 5.86. The molecule has 0 saturated carbocycles. The molecule has 0 bridgehead atoms. The Balaban J connectivity index is 1.77. The maximum atomic E-state index is 12.4. The summed E-state index contributed by atoms with van der Waals surface area (Å²) in [6.07, 6.45) is 2.95. The van der Waals surface area contributed by atoms with Gasteiger partial charge in [-0.1, -0.05) is 30.3 Å². The van der Waals surface area contributed by atoms with Crippen LogP contribution < -0.4 is 5.32 Å². The number of hydrogen-bond acceptors (Lipinski definition) is 3. The van der Waals surface area contributed by atoms with Gasteiger partial charge in [-0.15, -0.1) is 0 Å². The molecule has 24 heavy (non-hydrogen) atoms. The Bertz CT molecular complexity index is 551. The van der Waals surface area contributed by atoms with Crippen molar-refractivity contribution in [1.29, 1.82) is 0 Å².